The molecule has 0 spiro atoms. The molecule has 1 N–H and O–H groups in total. The predicted molar refractivity (Wildman–Crippen MR) is 102 cm³/mol. The number of hydrogen-bond acceptors (Lipinski definition) is 4. The third-order valence-electron chi connectivity index (χ3n) is 4.25. The minimum atomic E-state index is -4.26. The molecule has 6 nitrogen and oxygen atoms in total. The second kappa shape index (κ2) is 10.2. The summed E-state index contributed by atoms with van der Waals surface area (Å²) in [5.41, 5.74) is 0.849. The zero-order valence-corrected chi connectivity index (χ0v) is 17.5. The Bertz CT molecular complexity index is 763. The summed E-state index contributed by atoms with van der Waals surface area (Å²) < 4.78 is 63.4. The molecule has 0 radical (unpaired) electrons. The zero-order valence-electron chi connectivity index (χ0n) is 16.6. The summed E-state index contributed by atoms with van der Waals surface area (Å²) in [6.45, 7) is 5.16. The van der Waals surface area contributed by atoms with Crippen LogP contribution in [0, 0.1) is 6.92 Å². The first-order valence-electron chi connectivity index (χ1n) is 9.06. The van der Waals surface area contributed by atoms with E-state index in [1.807, 2.05) is 0 Å². The van der Waals surface area contributed by atoms with Crippen molar-refractivity contribution in [2.75, 3.05) is 39.8 Å². The second-order valence-corrected chi connectivity index (χ2v) is 8.47. The number of benzene rings is 1. The maximum atomic E-state index is 12.6. The zero-order chi connectivity index (χ0) is 21.5. The molecule has 1 aromatic rings. The minimum absolute atomic E-state index is 0.0388. The standard InChI is InChI=1S/C18H28F3N3O3S/c1-5-24(6-2)28(26,27)15-9-8-14(3)16(12-15)17(25)22-10-7-11-23(4)13-18(19,20)21/h8-9,12H,5-7,10-11,13H2,1-4H3,(H,22,25). The van der Waals surface area contributed by atoms with E-state index in [1.165, 1.54) is 23.5 Å². The van der Waals surface area contributed by atoms with Gasteiger partial charge in [-0.25, -0.2) is 8.42 Å². The lowest BCUT2D eigenvalue weighted by atomic mass is 10.1. The average molecular weight is 424 g/mol. The first-order valence-corrected chi connectivity index (χ1v) is 10.5. The van der Waals surface area contributed by atoms with Crippen LogP contribution in [0.4, 0.5) is 13.2 Å². The van der Waals surface area contributed by atoms with E-state index in [-0.39, 0.29) is 23.5 Å². The number of aryl methyl sites for hydroxylation is 1. The van der Waals surface area contributed by atoms with Gasteiger partial charge in [0.15, 0.2) is 0 Å². The van der Waals surface area contributed by atoms with Gasteiger partial charge in [-0.3, -0.25) is 9.69 Å². The van der Waals surface area contributed by atoms with Crippen LogP contribution in [-0.4, -0.2) is 69.5 Å². The summed E-state index contributed by atoms with van der Waals surface area (Å²) >= 11 is 0. The minimum Gasteiger partial charge on any atom is -0.352 e. The largest absolute Gasteiger partial charge is 0.401 e. The SMILES string of the molecule is CCN(CC)S(=O)(=O)c1ccc(C)c(C(=O)NCCCN(C)CC(F)(F)F)c1. The molecule has 160 valence electrons. The summed E-state index contributed by atoms with van der Waals surface area (Å²) in [4.78, 5) is 13.6. The Hall–Kier alpha value is -1.65. The van der Waals surface area contributed by atoms with Crippen LogP contribution in [0.3, 0.4) is 0 Å². The molecule has 1 aromatic carbocycles. The van der Waals surface area contributed by atoms with E-state index in [0.29, 0.717) is 25.1 Å². The molecule has 0 atom stereocenters. The number of alkyl halides is 3. The summed E-state index contributed by atoms with van der Waals surface area (Å²) in [6.07, 6.45) is -3.92. The highest BCUT2D eigenvalue weighted by Crippen LogP contribution is 2.20. The number of nitrogens with one attached hydrogen (secondary N) is 1. The van der Waals surface area contributed by atoms with Crippen molar-refractivity contribution >= 4 is 15.9 Å². The van der Waals surface area contributed by atoms with Gasteiger partial charge >= 0.3 is 6.18 Å². The molecule has 0 aromatic heterocycles. The first-order chi connectivity index (χ1) is 12.9. The highest BCUT2D eigenvalue weighted by Gasteiger charge is 2.28. The van der Waals surface area contributed by atoms with Gasteiger partial charge in [0, 0.05) is 25.2 Å². The molecule has 1 rings (SSSR count). The van der Waals surface area contributed by atoms with Gasteiger partial charge in [-0.15, -0.1) is 0 Å². The maximum Gasteiger partial charge on any atom is 0.401 e. The number of rotatable bonds is 10. The van der Waals surface area contributed by atoms with Crippen molar-refractivity contribution in [3.05, 3.63) is 29.3 Å². The van der Waals surface area contributed by atoms with Gasteiger partial charge in [0.1, 0.15) is 0 Å². The van der Waals surface area contributed by atoms with E-state index in [1.54, 1.807) is 26.8 Å². The van der Waals surface area contributed by atoms with Crippen molar-refractivity contribution in [2.24, 2.45) is 0 Å². The Morgan fingerprint density at radius 2 is 1.79 bits per heavy atom. The molecule has 1 amide bonds. The van der Waals surface area contributed by atoms with Gasteiger partial charge in [-0.05, 0) is 44.6 Å². The number of carbonyl (C=O) groups excluding carboxylic acids is 1. The van der Waals surface area contributed by atoms with Crippen molar-refractivity contribution < 1.29 is 26.4 Å². The third-order valence-corrected chi connectivity index (χ3v) is 6.29. The fourth-order valence-corrected chi connectivity index (χ4v) is 4.23. The maximum absolute atomic E-state index is 12.6. The molecular formula is C18H28F3N3O3S. The molecular weight excluding hydrogens is 395 g/mol. The second-order valence-electron chi connectivity index (χ2n) is 6.53. The van der Waals surface area contributed by atoms with Gasteiger partial charge in [-0.2, -0.15) is 17.5 Å². The molecule has 0 aliphatic rings. The molecule has 0 aliphatic heterocycles. The number of amides is 1. The lowest BCUT2D eigenvalue weighted by Crippen LogP contribution is -2.34. The number of halogens is 3. The van der Waals surface area contributed by atoms with E-state index in [2.05, 4.69) is 5.32 Å². The van der Waals surface area contributed by atoms with E-state index in [4.69, 9.17) is 0 Å². The molecule has 28 heavy (non-hydrogen) atoms. The van der Waals surface area contributed by atoms with Crippen molar-refractivity contribution in [1.82, 2.24) is 14.5 Å². The fraction of sp³-hybridized carbons (Fsp3) is 0.611. The quantitative estimate of drug-likeness (QED) is 0.588. The number of hydrogen-bond donors (Lipinski definition) is 1. The summed E-state index contributed by atoms with van der Waals surface area (Å²) in [7, 11) is -2.33. The highest BCUT2D eigenvalue weighted by atomic mass is 32.2. The number of nitrogens with zero attached hydrogens (tertiary/aromatic N) is 2. The van der Waals surface area contributed by atoms with Gasteiger partial charge in [0.05, 0.1) is 11.4 Å². The lowest BCUT2D eigenvalue weighted by Gasteiger charge is -2.19. The van der Waals surface area contributed by atoms with Crippen LogP contribution in [0.5, 0.6) is 0 Å². The third kappa shape index (κ3) is 7.06. The Labute approximate surface area is 164 Å². The van der Waals surface area contributed by atoms with Gasteiger partial charge in [0.2, 0.25) is 10.0 Å². The number of sulfonamides is 1. The van der Waals surface area contributed by atoms with Crippen LogP contribution in [0.2, 0.25) is 0 Å². The summed E-state index contributed by atoms with van der Waals surface area (Å²) in [5.74, 6) is -0.451. The van der Waals surface area contributed by atoms with E-state index < -0.39 is 28.7 Å². The van der Waals surface area contributed by atoms with Crippen molar-refractivity contribution in [2.45, 2.75) is 38.3 Å². The molecule has 0 unspecified atom stereocenters. The van der Waals surface area contributed by atoms with Crippen LogP contribution < -0.4 is 5.32 Å². The van der Waals surface area contributed by atoms with Crippen LogP contribution >= 0.6 is 0 Å². The summed E-state index contributed by atoms with van der Waals surface area (Å²) in [6, 6.07) is 4.38. The smallest absolute Gasteiger partial charge is 0.352 e. The average Bonchev–Trinajstić information content (AvgIpc) is 2.58. The lowest BCUT2D eigenvalue weighted by molar-refractivity contribution is -0.143. The topological polar surface area (TPSA) is 69.7 Å². The molecule has 0 fully saturated rings. The molecule has 0 saturated carbocycles. The van der Waals surface area contributed by atoms with Gasteiger partial charge in [0.25, 0.3) is 5.91 Å². The van der Waals surface area contributed by atoms with Crippen LogP contribution in [0.25, 0.3) is 0 Å². The van der Waals surface area contributed by atoms with E-state index >= 15 is 0 Å². The molecule has 0 heterocycles. The van der Waals surface area contributed by atoms with Crippen LogP contribution in [-0.2, 0) is 10.0 Å². The monoisotopic (exact) mass is 423 g/mol. The number of carbonyl (C=O) groups is 1. The molecule has 0 bridgehead atoms. The Morgan fingerprint density at radius 3 is 2.32 bits per heavy atom. The highest BCUT2D eigenvalue weighted by molar-refractivity contribution is 7.89. The van der Waals surface area contributed by atoms with Crippen molar-refractivity contribution in [3.63, 3.8) is 0 Å². The Kier molecular flexibility index (Phi) is 8.90. The molecule has 10 heteroatoms. The Morgan fingerprint density at radius 1 is 1.18 bits per heavy atom. The van der Waals surface area contributed by atoms with E-state index in [9.17, 15) is 26.4 Å². The normalized spacial score (nSPS) is 12.6. The van der Waals surface area contributed by atoms with Crippen LogP contribution in [0.1, 0.15) is 36.2 Å². The molecule has 0 aliphatic carbocycles. The molecule has 0 saturated heterocycles. The predicted octanol–water partition coefficient (Wildman–Crippen LogP) is 2.64. The van der Waals surface area contributed by atoms with Gasteiger partial charge < -0.3 is 5.32 Å². The van der Waals surface area contributed by atoms with E-state index in [0.717, 1.165) is 4.90 Å². The summed E-state index contributed by atoms with van der Waals surface area (Å²) in [5, 5.41) is 2.64. The van der Waals surface area contributed by atoms with Crippen molar-refractivity contribution in [1.29, 1.82) is 0 Å². The van der Waals surface area contributed by atoms with Gasteiger partial charge in [-0.1, -0.05) is 19.9 Å². The Balaban J connectivity index is 2.76. The van der Waals surface area contributed by atoms with Crippen molar-refractivity contribution in [3.8, 4) is 0 Å². The fourth-order valence-electron chi connectivity index (χ4n) is 2.75. The van der Waals surface area contributed by atoms with Crippen LogP contribution in [0.15, 0.2) is 23.1 Å². The first kappa shape index (κ1) is 24.4.